The van der Waals surface area contributed by atoms with Crippen molar-refractivity contribution in [2.45, 2.75) is 25.8 Å². The summed E-state index contributed by atoms with van der Waals surface area (Å²) in [5.41, 5.74) is 3.02. The first kappa shape index (κ1) is 18.6. The molecule has 2 N–H and O–H groups in total. The molecule has 0 aromatic carbocycles. The van der Waals surface area contributed by atoms with Crippen LogP contribution in [0.3, 0.4) is 0 Å². The van der Waals surface area contributed by atoms with Crippen LogP contribution in [0, 0.1) is 0 Å². The van der Waals surface area contributed by atoms with Crippen molar-refractivity contribution in [1.82, 2.24) is 30.3 Å². The molecular weight excluding hydrogens is 344 g/mol. The van der Waals surface area contributed by atoms with Gasteiger partial charge in [0.2, 0.25) is 0 Å². The molecule has 0 saturated carbocycles. The summed E-state index contributed by atoms with van der Waals surface area (Å²) in [5.74, 6) is -0.111. The second-order valence-electron chi connectivity index (χ2n) is 6.71. The van der Waals surface area contributed by atoms with Crippen LogP contribution in [-0.4, -0.2) is 45.2 Å². The first-order chi connectivity index (χ1) is 13.0. The van der Waals surface area contributed by atoms with E-state index in [2.05, 4.69) is 20.7 Å². The predicted octanol–water partition coefficient (Wildman–Crippen LogP) is 1.53. The number of aryl methyl sites for hydroxylation is 2. The van der Waals surface area contributed by atoms with Crippen molar-refractivity contribution in [3.05, 3.63) is 59.3 Å². The average molecular weight is 368 g/mol. The van der Waals surface area contributed by atoms with Crippen molar-refractivity contribution in [3.8, 4) is 0 Å². The largest absolute Gasteiger partial charge is 0.342 e. The molecule has 0 unspecified atom stereocenters. The third kappa shape index (κ3) is 4.33. The zero-order valence-electron chi connectivity index (χ0n) is 15.8. The third-order valence-corrected chi connectivity index (χ3v) is 4.58. The molecule has 1 aliphatic rings. The molecule has 27 heavy (non-hydrogen) atoms. The van der Waals surface area contributed by atoms with E-state index in [0.717, 1.165) is 24.0 Å². The van der Waals surface area contributed by atoms with Gasteiger partial charge in [-0.3, -0.25) is 14.5 Å². The summed E-state index contributed by atoms with van der Waals surface area (Å²) >= 11 is 0. The van der Waals surface area contributed by atoms with E-state index in [1.165, 1.54) is 0 Å². The Morgan fingerprint density at radius 3 is 2.85 bits per heavy atom. The van der Waals surface area contributed by atoms with Gasteiger partial charge in [0.05, 0.1) is 17.8 Å². The molecule has 142 valence electrons. The topological polar surface area (TPSA) is 92.2 Å². The van der Waals surface area contributed by atoms with Crippen LogP contribution in [-0.2, 0) is 18.3 Å². The fourth-order valence-electron chi connectivity index (χ4n) is 3.20. The number of allylic oxidation sites excluding steroid dienone is 1. The molecule has 2 aromatic rings. The number of urea groups is 1. The lowest BCUT2D eigenvalue weighted by molar-refractivity contribution is -0.126. The van der Waals surface area contributed by atoms with E-state index in [9.17, 15) is 9.59 Å². The standard InChI is InChI=1S/C19H24N6O2/c1-13-16(17(23-19(27)22-13)15-7-4-8-20-11-15)18(26)24(2)9-5-6-14-10-21-25(3)12-14/h4,7-8,10-12,17H,5-6,9H2,1-3H3,(H2,22,23,27)/t17-/m0/s1. The maximum Gasteiger partial charge on any atom is 0.319 e. The Labute approximate surface area is 158 Å². The molecule has 3 amide bonds. The zero-order valence-corrected chi connectivity index (χ0v) is 15.8. The average Bonchev–Trinajstić information content (AvgIpc) is 3.06. The number of amides is 3. The van der Waals surface area contributed by atoms with Gasteiger partial charge >= 0.3 is 6.03 Å². The summed E-state index contributed by atoms with van der Waals surface area (Å²) in [7, 11) is 3.67. The fourth-order valence-corrected chi connectivity index (χ4v) is 3.20. The number of nitrogens with zero attached hydrogens (tertiary/aromatic N) is 4. The minimum absolute atomic E-state index is 0.111. The molecule has 0 radical (unpaired) electrons. The lowest BCUT2D eigenvalue weighted by Crippen LogP contribution is -2.47. The maximum absolute atomic E-state index is 13.1. The van der Waals surface area contributed by atoms with Crippen molar-refractivity contribution >= 4 is 11.9 Å². The SMILES string of the molecule is CC1=C(C(=O)N(C)CCCc2cnn(C)c2)[C@H](c2cccnc2)NC(=O)N1. The lowest BCUT2D eigenvalue weighted by Gasteiger charge is -2.31. The van der Waals surface area contributed by atoms with Gasteiger partial charge in [0.15, 0.2) is 0 Å². The number of aromatic nitrogens is 3. The second-order valence-corrected chi connectivity index (χ2v) is 6.71. The highest BCUT2D eigenvalue weighted by molar-refractivity contribution is 5.98. The summed E-state index contributed by atoms with van der Waals surface area (Å²) in [5, 5.41) is 9.69. The zero-order chi connectivity index (χ0) is 19.4. The normalized spacial score (nSPS) is 16.7. The van der Waals surface area contributed by atoms with Crippen LogP contribution < -0.4 is 10.6 Å². The fraction of sp³-hybridized carbons (Fsp3) is 0.368. The van der Waals surface area contributed by atoms with Crippen molar-refractivity contribution in [3.63, 3.8) is 0 Å². The van der Waals surface area contributed by atoms with Gasteiger partial charge in [-0.15, -0.1) is 0 Å². The van der Waals surface area contributed by atoms with Gasteiger partial charge in [-0.2, -0.15) is 5.10 Å². The van der Waals surface area contributed by atoms with E-state index in [0.29, 0.717) is 17.8 Å². The Hall–Kier alpha value is -3.16. The monoisotopic (exact) mass is 368 g/mol. The molecule has 3 rings (SSSR count). The highest BCUT2D eigenvalue weighted by Gasteiger charge is 2.32. The molecule has 3 heterocycles. The highest BCUT2D eigenvalue weighted by Crippen LogP contribution is 2.27. The third-order valence-electron chi connectivity index (χ3n) is 4.58. The van der Waals surface area contributed by atoms with Crippen LogP contribution in [0.5, 0.6) is 0 Å². The van der Waals surface area contributed by atoms with E-state index < -0.39 is 6.04 Å². The molecule has 0 spiro atoms. The number of pyridine rings is 1. The van der Waals surface area contributed by atoms with Gasteiger partial charge in [0, 0.05) is 44.9 Å². The molecule has 0 aliphatic carbocycles. The van der Waals surface area contributed by atoms with Crippen molar-refractivity contribution in [1.29, 1.82) is 0 Å². The Morgan fingerprint density at radius 2 is 2.19 bits per heavy atom. The molecule has 2 aromatic heterocycles. The molecule has 0 bridgehead atoms. The molecule has 1 aliphatic heterocycles. The van der Waals surface area contributed by atoms with Gasteiger partial charge in [0.25, 0.3) is 5.91 Å². The molecule has 0 fully saturated rings. The van der Waals surface area contributed by atoms with Gasteiger partial charge in [-0.1, -0.05) is 6.07 Å². The van der Waals surface area contributed by atoms with Crippen LogP contribution in [0.2, 0.25) is 0 Å². The Balaban J connectivity index is 1.71. The van der Waals surface area contributed by atoms with Crippen molar-refractivity contribution in [2.24, 2.45) is 7.05 Å². The molecule has 8 nitrogen and oxygen atoms in total. The van der Waals surface area contributed by atoms with Crippen LogP contribution in [0.15, 0.2) is 48.2 Å². The summed E-state index contributed by atoms with van der Waals surface area (Å²) in [6.07, 6.45) is 8.83. The van der Waals surface area contributed by atoms with E-state index in [4.69, 9.17) is 0 Å². The quantitative estimate of drug-likeness (QED) is 0.809. The molecule has 0 saturated heterocycles. The second kappa shape index (κ2) is 8.03. The highest BCUT2D eigenvalue weighted by atomic mass is 16.2. The number of hydrogen-bond donors (Lipinski definition) is 2. The van der Waals surface area contributed by atoms with Crippen LogP contribution in [0.1, 0.15) is 30.5 Å². The van der Waals surface area contributed by atoms with Crippen LogP contribution in [0.25, 0.3) is 0 Å². The number of carbonyl (C=O) groups is 2. The number of rotatable bonds is 6. The molecule has 1 atom stereocenters. The maximum atomic E-state index is 13.1. The minimum Gasteiger partial charge on any atom is -0.342 e. The van der Waals surface area contributed by atoms with Gasteiger partial charge in [0.1, 0.15) is 0 Å². The van der Waals surface area contributed by atoms with Crippen LogP contribution >= 0.6 is 0 Å². The minimum atomic E-state index is -0.513. The van der Waals surface area contributed by atoms with E-state index in [-0.39, 0.29) is 11.9 Å². The molecule has 8 heteroatoms. The summed E-state index contributed by atoms with van der Waals surface area (Å²) in [4.78, 5) is 30.8. The predicted molar refractivity (Wildman–Crippen MR) is 101 cm³/mol. The number of hydrogen-bond acceptors (Lipinski definition) is 4. The summed E-state index contributed by atoms with van der Waals surface area (Å²) in [6.45, 7) is 2.36. The first-order valence-corrected chi connectivity index (χ1v) is 8.87. The number of nitrogens with one attached hydrogen (secondary N) is 2. The van der Waals surface area contributed by atoms with E-state index >= 15 is 0 Å². The van der Waals surface area contributed by atoms with E-state index in [1.54, 1.807) is 42.0 Å². The van der Waals surface area contributed by atoms with E-state index in [1.807, 2.05) is 25.5 Å². The Morgan fingerprint density at radius 1 is 1.37 bits per heavy atom. The summed E-state index contributed by atoms with van der Waals surface area (Å²) < 4.78 is 1.77. The van der Waals surface area contributed by atoms with Crippen LogP contribution in [0.4, 0.5) is 4.79 Å². The number of likely N-dealkylation sites (N-methyl/N-ethyl adjacent to an activating group) is 1. The Bertz CT molecular complexity index is 858. The smallest absolute Gasteiger partial charge is 0.319 e. The number of carbonyl (C=O) groups excluding carboxylic acids is 2. The van der Waals surface area contributed by atoms with Gasteiger partial charge in [-0.05, 0) is 37.0 Å². The van der Waals surface area contributed by atoms with Crippen molar-refractivity contribution in [2.75, 3.05) is 13.6 Å². The van der Waals surface area contributed by atoms with Gasteiger partial charge in [-0.25, -0.2) is 4.79 Å². The lowest BCUT2D eigenvalue weighted by atomic mass is 9.95. The summed E-state index contributed by atoms with van der Waals surface area (Å²) in [6, 6.07) is 2.81. The van der Waals surface area contributed by atoms with Gasteiger partial charge < -0.3 is 15.5 Å². The molecular formula is C19H24N6O2. The Kier molecular flexibility index (Phi) is 5.54. The van der Waals surface area contributed by atoms with Crippen molar-refractivity contribution < 1.29 is 9.59 Å². The first-order valence-electron chi connectivity index (χ1n) is 8.87.